The van der Waals surface area contributed by atoms with Crippen LogP contribution in [0.4, 0.5) is 0 Å². The number of aliphatic imine (C=N–C) groups is 1. The van der Waals surface area contributed by atoms with Gasteiger partial charge in [-0.2, -0.15) is 0 Å². The SMILES string of the molecule is CCCCCCCCCCCCCCC/C=C/C1=NCCN1CCCC. The van der Waals surface area contributed by atoms with Gasteiger partial charge in [0.15, 0.2) is 0 Å². The molecule has 0 saturated carbocycles. The van der Waals surface area contributed by atoms with Crippen molar-refractivity contribution in [3.8, 4) is 0 Å². The Morgan fingerprint density at radius 2 is 1.27 bits per heavy atom. The topological polar surface area (TPSA) is 15.6 Å². The first-order valence-corrected chi connectivity index (χ1v) is 11.8. The van der Waals surface area contributed by atoms with Gasteiger partial charge in [-0.3, -0.25) is 4.99 Å². The third-order valence-corrected chi connectivity index (χ3v) is 5.49. The van der Waals surface area contributed by atoms with Crippen LogP contribution in [0.3, 0.4) is 0 Å². The molecule has 0 fully saturated rings. The molecule has 2 nitrogen and oxygen atoms in total. The third-order valence-electron chi connectivity index (χ3n) is 5.49. The van der Waals surface area contributed by atoms with E-state index in [4.69, 9.17) is 0 Å². The standard InChI is InChI=1S/C24H46N2/c1-3-5-7-8-9-10-11-12-13-14-15-16-17-18-19-20-24-25-21-23-26(24)22-6-4-2/h19-20H,3-18,21-23H2,1-2H3/b20-19+. The predicted molar refractivity (Wildman–Crippen MR) is 118 cm³/mol. The van der Waals surface area contributed by atoms with Crippen molar-refractivity contribution in [2.24, 2.45) is 4.99 Å². The molecular weight excluding hydrogens is 316 g/mol. The zero-order valence-corrected chi connectivity index (χ0v) is 18.0. The van der Waals surface area contributed by atoms with Crippen molar-refractivity contribution in [3.63, 3.8) is 0 Å². The van der Waals surface area contributed by atoms with Crippen LogP contribution in [0.15, 0.2) is 17.1 Å². The Balaban J connectivity index is 1.84. The molecule has 0 atom stereocenters. The second-order valence-electron chi connectivity index (χ2n) is 8.01. The summed E-state index contributed by atoms with van der Waals surface area (Å²) >= 11 is 0. The molecule has 0 unspecified atom stereocenters. The summed E-state index contributed by atoms with van der Waals surface area (Å²) in [5.41, 5.74) is 0. The van der Waals surface area contributed by atoms with E-state index < -0.39 is 0 Å². The fourth-order valence-electron chi connectivity index (χ4n) is 3.70. The fourth-order valence-corrected chi connectivity index (χ4v) is 3.70. The van der Waals surface area contributed by atoms with Crippen LogP contribution in [0, 0.1) is 0 Å². The number of allylic oxidation sites excluding steroid dienone is 1. The van der Waals surface area contributed by atoms with Crippen LogP contribution in [0.5, 0.6) is 0 Å². The highest BCUT2D eigenvalue weighted by atomic mass is 15.2. The Bertz CT molecular complexity index is 359. The molecule has 0 saturated heterocycles. The highest BCUT2D eigenvalue weighted by Gasteiger charge is 2.12. The van der Waals surface area contributed by atoms with Crippen molar-refractivity contribution in [1.82, 2.24) is 4.90 Å². The van der Waals surface area contributed by atoms with Crippen molar-refractivity contribution >= 4 is 5.84 Å². The zero-order valence-electron chi connectivity index (χ0n) is 18.0. The molecule has 1 aliphatic rings. The van der Waals surface area contributed by atoms with Crippen molar-refractivity contribution in [2.75, 3.05) is 19.6 Å². The van der Waals surface area contributed by atoms with Crippen LogP contribution >= 0.6 is 0 Å². The lowest BCUT2D eigenvalue weighted by atomic mass is 10.0. The summed E-state index contributed by atoms with van der Waals surface area (Å²) in [6.45, 7) is 7.85. The second kappa shape index (κ2) is 17.6. The highest BCUT2D eigenvalue weighted by Crippen LogP contribution is 2.13. The van der Waals surface area contributed by atoms with E-state index in [9.17, 15) is 0 Å². The number of rotatable bonds is 18. The zero-order chi connectivity index (χ0) is 18.7. The van der Waals surface area contributed by atoms with Gasteiger partial charge in [-0.15, -0.1) is 0 Å². The van der Waals surface area contributed by atoms with Crippen LogP contribution < -0.4 is 0 Å². The Morgan fingerprint density at radius 3 is 1.85 bits per heavy atom. The number of nitrogens with zero attached hydrogens (tertiary/aromatic N) is 2. The number of unbranched alkanes of at least 4 members (excludes halogenated alkanes) is 14. The Hall–Kier alpha value is -0.790. The molecule has 1 heterocycles. The van der Waals surface area contributed by atoms with Crippen LogP contribution in [0.1, 0.15) is 117 Å². The molecule has 0 amide bonds. The average molecular weight is 363 g/mol. The summed E-state index contributed by atoms with van der Waals surface area (Å²) < 4.78 is 0. The van der Waals surface area contributed by atoms with Gasteiger partial charge in [-0.25, -0.2) is 0 Å². The molecular formula is C24H46N2. The van der Waals surface area contributed by atoms with Gasteiger partial charge in [0, 0.05) is 13.1 Å². The van der Waals surface area contributed by atoms with Gasteiger partial charge < -0.3 is 4.90 Å². The lowest BCUT2D eigenvalue weighted by Gasteiger charge is -2.17. The summed E-state index contributed by atoms with van der Waals surface area (Å²) in [6.07, 6.45) is 27.0. The molecule has 152 valence electrons. The predicted octanol–water partition coefficient (Wildman–Crippen LogP) is 7.54. The quantitative estimate of drug-likeness (QED) is 0.230. The summed E-state index contributed by atoms with van der Waals surface area (Å²) in [6, 6.07) is 0. The molecule has 26 heavy (non-hydrogen) atoms. The van der Waals surface area contributed by atoms with Gasteiger partial charge in [0.1, 0.15) is 5.84 Å². The molecule has 0 aromatic carbocycles. The minimum absolute atomic E-state index is 0.988. The largest absolute Gasteiger partial charge is 0.355 e. The first-order chi connectivity index (χ1) is 12.9. The van der Waals surface area contributed by atoms with Crippen molar-refractivity contribution in [3.05, 3.63) is 12.2 Å². The van der Waals surface area contributed by atoms with Gasteiger partial charge in [-0.1, -0.05) is 103 Å². The maximum Gasteiger partial charge on any atom is 0.123 e. The molecule has 0 N–H and O–H groups in total. The van der Waals surface area contributed by atoms with E-state index >= 15 is 0 Å². The molecule has 0 aliphatic carbocycles. The molecule has 1 aliphatic heterocycles. The Labute approximate surface area is 164 Å². The van der Waals surface area contributed by atoms with E-state index in [1.54, 1.807) is 0 Å². The van der Waals surface area contributed by atoms with Gasteiger partial charge in [0.2, 0.25) is 0 Å². The minimum Gasteiger partial charge on any atom is -0.355 e. The first kappa shape index (κ1) is 23.2. The average Bonchev–Trinajstić information content (AvgIpc) is 3.10. The van der Waals surface area contributed by atoms with E-state index in [0.717, 1.165) is 13.1 Å². The molecule has 0 radical (unpaired) electrons. The van der Waals surface area contributed by atoms with Crippen LogP contribution in [-0.2, 0) is 0 Å². The van der Waals surface area contributed by atoms with Crippen LogP contribution in [0.2, 0.25) is 0 Å². The van der Waals surface area contributed by atoms with Gasteiger partial charge >= 0.3 is 0 Å². The van der Waals surface area contributed by atoms with Crippen molar-refractivity contribution in [2.45, 2.75) is 117 Å². The summed E-state index contributed by atoms with van der Waals surface area (Å²) in [7, 11) is 0. The molecule has 0 spiro atoms. The van der Waals surface area contributed by atoms with E-state index in [-0.39, 0.29) is 0 Å². The number of hydrogen-bond acceptors (Lipinski definition) is 2. The molecule has 0 aromatic rings. The summed E-state index contributed by atoms with van der Waals surface area (Å²) in [4.78, 5) is 7.08. The van der Waals surface area contributed by atoms with Crippen LogP contribution in [-0.4, -0.2) is 30.4 Å². The van der Waals surface area contributed by atoms with E-state index in [1.165, 1.54) is 115 Å². The maximum atomic E-state index is 4.63. The lowest BCUT2D eigenvalue weighted by molar-refractivity contribution is 0.444. The Morgan fingerprint density at radius 1 is 0.731 bits per heavy atom. The number of hydrogen-bond donors (Lipinski definition) is 0. The normalized spacial score (nSPS) is 14.5. The van der Waals surface area contributed by atoms with Gasteiger partial charge in [0.25, 0.3) is 0 Å². The molecule has 1 rings (SSSR count). The van der Waals surface area contributed by atoms with Crippen molar-refractivity contribution in [1.29, 1.82) is 0 Å². The smallest absolute Gasteiger partial charge is 0.123 e. The minimum atomic E-state index is 0.988. The lowest BCUT2D eigenvalue weighted by Crippen LogP contribution is -2.27. The van der Waals surface area contributed by atoms with E-state index in [1.807, 2.05) is 0 Å². The first-order valence-electron chi connectivity index (χ1n) is 11.8. The van der Waals surface area contributed by atoms with Crippen molar-refractivity contribution < 1.29 is 0 Å². The Kier molecular flexibility index (Phi) is 15.8. The van der Waals surface area contributed by atoms with E-state index in [0.29, 0.717) is 0 Å². The molecule has 2 heteroatoms. The molecule has 0 aromatic heterocycles. The van der Waals surface area contributed by atoms with E-state index in [2.05, 4.69) is 35.9 Å². The summed E-state index contributed by atoms with van der Waals surface area (Å²) in [5.74, 6) is 1.23. The van der Waals surface area contributed by atoms with Crippen LogP contribution in [0.25, 0.3) is 0 Å². The summed E-state index contributed by atoms with van der Waals surface area (Å²) in [5, 5.41) is 0. The maximum absolute atomic E-state index is 4.63. The molecule has 0 bridgehead atoms. The fraction of sp³-hybridized carbons (Fsp3) is 0.875. The number of amidine groups is 1. The third kappa shape index (κ3) is 12.5. The second-order valence-corrected chi connectivity index (χ2v) is 8.01. The van der Waals surface area contributed by atoms with Gasteiger partial charge in [-0.05, 0) is 25.3 Å². The van der Waals surface area contributed by atoms with Gasteiger partial charge in [0.05, 0.1) is 6.54 Å². The highest BCUT2D eigenvalue weighted by molar-refractivity contribution is 5.94. The monoisotopic (exact) mass is 362 g/mol.